The highest BCUT2D eigenvalue weighted by Gasteiger charge is 2.26. The smallest absolute Gasteiger partial charge is 0.233 e. The first-order chi connectivity index (χ1) is 10.6. The van der Waals surface area contributed by atoms with E-state index in [2.05, 4.69) is 20.5 Å². The number of hydrogen-bond acceptors (Lipinski definition) is 5. The Morgan fingerprint density at radius 2 is 2.32 bits per heavy atom. The van der Waals surface area contributed by atoms with Crippen LogP contribution < -0.4 is 5.32 Å². The molecule has 1 aliphatic rings. The molecule has 6 nitrogen and oxygen atoms in total. The summed E-state index contributed by atoms with van der Waals surface area (Å²) in [5, 5.41) is 10.3. The summed E-state index contributed by atoms with van der Waals surface area (Å²) in [7, 11) is 0. The van der Waals surface area contributed by atoms with Gasteiger partial charge in [0.05, 0.1) is 5.25 Å². The summed E-state index contributed by atoms with van der Waals surface area (Å²) >= 11 is 1.35. The Morgan fingerprint density at radius 3 is 3.00 bits per heavy atom. The predicted octanol–water partition coefficient (Wildman–Crippen LogP) is 2.64. The van der Waals surface area contributed by atoms with Crippen LogP contribution in [-0.2, 0) is 4.79 Å². The summed E-state index contributed by atoms with van der Waals surface area (Å²) in [4.78, 5) is 16.2. The molecule has 2 heterocycles. The fraction of sp³-hybridized carbons (Fsp3) is 0.400. The van der Waals surface area contributed by atoms with Crippen molar-refractivity contribution in [2.45, 2.75) is 43.1 Å². The van der Waals surface area contributed by atoms with E-state index >= 15 is 0 Å². The van der Waals surface area contributed by atoms with E-state index in [-0.39, 0.29) is 11.2 Å². The number of amides is 1. The molecular formula is C15H18N4O2S. The number of rotatable bonds is 6. The maximum absolute atomic E-state index is 11.9. The van der Waals surface area contributed by atoms with Crippen molar-refractivity contribution in [2.24, 2.45) is 0 Å². The molecule has 0 spiro atoms. The number of carbonyl (C=O) groups is 1. The molecule has 2 aromatic heterocycles. The SMILES string of the molecule is Cc1ccc(/C=C/c2nc(SC(C)C(=O)NC3CC3)n[nH]2)o1. The maximum atomic E-state index is 11.9. The Kier molecular flexibility index (Phi) is 4.33. The van der Waals surface area contributed by atoms with Crippen LogP contribution >= 0.6 is 11.8 Å². The Morgan fingerprint density at radius 1 is 1.50 bits per heavy atom. The maximum Gasteiger partial charge on any atom is 0.233 e. The van der Waals surface area contributed by atoms with E-state index in [1.807, 2.05) is 32.1 Å². The summed E-state index contributed by atoms with van der Waals surface area (Å²) in [6.45, 7) is 3.76. The lowest BCUT2D eigenvalue weighted by Gasteiger charge is -2.08. The number of carbonyl (C=O) groups excluding carboxylic acids is 1. The van der Waals surface area contributed by atoms with Crippen LogP contribution in [0.4, 0.5) is 0 Å². The molecule has 7 heteroatoms. The summed E-state index contributed by atoms with van der Waals surface area (Å²) in [5.74, 6) is 2.30. The van der Waals surface area contributed by atoms with E-state index in [0.29, 0.717) is 17.0 Å². The zero-order valence-corrected chi connectivity index (χ0v) is 13.3. The molecule has 2 N–H and O–H groups in total. The average Bonchev–Trinajstić information content (AvgIpc) is 3.02. The molecule has 1 atom stereocenters. The van der Waals surface area contributed by atoms with Gasteiger partial charge >= 0.3 is 0 Å². The Balaban J connectivity index is 1.56. The lowest BCUT2D eigenvalue weighted by molar-refractivity contribution is -0.120. The zero-order chi connectivity index (χ0) is 15.5. The van der Waals surface area contributed by atoms with Gasteiger partial charge < -0.3 is 9.73 Å². The molecule has 0 aliphatic heterocycles. The Bertz CT molecular complexity index is 687. The topological polar surface area (TPSA) is 83.8 Å². The van der Waals surface area contributed by atoms with E-state index in [4.69, 9.17) is 4.42 Å². The monoisotopic (exact) mass is 318 g/mol. The quantitative estimate of drug-likeness (QED) is 0.800. The highest BCUT2D eigenvalue weighted by molar-refractivity contribution is 8.00. The number of aromatic amines is 1. The van der Waals surface area contributed by atoms with Crippen LogP contribution in [-0.4, -0.2) is 32.4 Å². The molecule has 1 unspecified atom stereocenters. The van der Waals surface area contributed by atoms with Crippen LogP contribution in [0.5, 0.6) is 0 Å². The first-order valence-corrected chi connectivity index (χ1v) is 8.12. The van der Waals surface area contributed by atoms with Crippen molar-refractivity contribution in [3.63, 3.8) is 0 Å². The van der Waals surface area contributed by atoms with E-state index in [1.54, 1.807) is 6.08 Å². The molecule has 116 valence electrons. The summed E-state index contributed by atoms with van der Waals surface area (Å²) in [6, 6.07) is 4.17. The van der Waals surface area contributed by atoms with Crippen molar-refractivity contribution in [1.82, 2.24) is 20.5 Å². The number of hydrogen-bond donors (Lipinski definition) is 2. The van der Waals surface area contributed by atoms with Crippen LogP contribution in [0.3, 0.4) is 0 Å². The molecule has 1 amide bonds. The fourth-order valence-corrected chi connectivity index (χ4v) is 2.59. The highest BCUT2D eigenvalue weighted by Crippen LogP contribution is 2.23. The second kappa shape index (κ2) is 6.39. The van der Waals surface area contributed by atoms with E-state index < -0.39 is 0 Å². The number of aryl methyl sites for hydroxylation is 1. The largest absolute Gasteiger partial charge is 0.462 e. The molecule has 1 fully saturated rings. The van der Waals surface area contributed by atoms with Gasteiger partial charge in [0, 0.05) is 6.04 Å². The molecule has 1 saturated carbocycles. The molecule has 22 heavy (non-hydrogen) atoms. The highest BCUT2D eigenvalue weighted by atomic mass is 32.2. The zero-order valence-electron chi connectivity index (χ0n) is 12.5. The van der Waals surface area contributed by atoms with E-state index in [1.165, 1.54) is 11.8 Å². The van der Waals surface area contributed by atoms with Crippen molar-refractivity contribution in [3.05, 3.63) is 29.5 Å². The average molecular weight is 318 g/mol. The van der Waals surface area contributed by atoms with Crippen LogP contribution in [0.25, 0.3) is 12.2 Å². The van der Waals surface area contributed by atoms with Gasteiger partial charge in [0.2, 0.25) is 11.1 Å². The number of thioether (sulfide) groups is 1. The minimum Gasteiger partial charge on any atom is -0.462 e. The number of nitrogens with zero attached hydrogens (tertiary/aromatic N) is 2. The minimum absolute atomic E-state index is 0.0421. The molecule has 0 bridgehead atoms. The van der Waals surface area contributed by atoms with E-state index in [9.17, 15) is 4.79 Å². The Hall–Kier alpha value is -2.02. The third kappa shape index (κ3) is 4.00. The summed E-state index contributed by atoms with van der Waals surface area (Å²) < 4.78 is 5.44. The van der Waals surface area contributed by atoms with Crippen LogP contribution in [0.1, 0.15) is 37.1 Å². The third-order valence-electron chi connectivity index (χ3n) is 3.22. The summed E-state index contributed by atoms with van der Waals surface area (Å²) in [6.07, 6.45) is 5.80. The first kappa shape index (κ1) is 14.9. The van der Waals surface area contributed by atoms with Crippen LogP contribution in [0.2, 0.25) is 0 Å². The van der Waals surface area contributed by atoms with E-state index in [0.717, 1.165) is 24.4 Å². The molecule has 0 saturated heterocycles. The molecule has 0 aromatic carbocycles. The van der Waals surface area contributed by atoms with Gasteiger partial charge in [-0.05, 0) is 51.0 Å². The summed E-state index contributed by atoms with van der Waals surface area (Å²) in [5.41, 5.74) is 0. The predicted molar refractivity (Wildman–Crippen MR) is 85.2 cm³/mol. The molecule has 3 rings (SSSR count). The molecule has 0 radical (unpaired) electrons. The standard InChI is InChI=1S/C15H18N4O2S/c1-9-3-6-12(21-9)7-8-13-17-15(19-18-13)22-10(2)14(20)16-11-4-5-11/h3,6-8,10-11H,4-5H2,1-2H3,(H,16,20)(H,17,18,19)/b8-7+. The second-order valence-corrected chi connectivity index (χ2v) is 6.64. The lowest BCUT2D eigenvalue weighted by Crippen LogP contribution is -2.32. The Labute approximate surface area is 132 Å². The van der Waals surface area contributed by atoms with Crippen molar-refractivity contribution >= 4 is 29.8 Å². The lowest BCUT2D eigenvalue weighted by atomic mass is 10.4. The van der Waals surface area contributed by atoms with Gasteiger partial charge in [-0.15, -0.1) is 5.10 Å². The van der Waals surface area contributed by atoms with Gasteiger partial charge in [0.25, 0.3) is 0 Å². The number of furan rings is 1. The molecule has 2 aromatic rings. The number of nitrogens with one attached hydrogen (secondary N) is 2. The van der Waals surface area contributed by atoms with Crippen molar-refractivity contribution in [1.29, 1.82) is 0 Å². The fourth-order valence-electron chi connectivity index (χ4n) is 1.85. The van der Waals surface area contributed by atoms with Gasteiger partial charge in [-0.2, -0.15) is 0 Å². The van der Waals surface area contributed by atoms with Crippen molar-refractivity contribution in [2.75, 3.05) is 0 Å². The van der Waals surface area contributed by atoms with Crippen molar-refractivity contribution in [3.8, 4) is 0 Å². The third-order valence-corrected chi connectivity index (χ3v) is 4.18. The molecule has 1 aliphatic carbocycles. The normalized spacial score (nSPS) is 16.1. The first-order valence-electron chi connectivity index (χ1n) is 7.24. The second-order valence-electron chi connectivity index (χ2n) is 5.33. The number of H-pyrrole nitrogens is 1. The minimum atomic E-state index is -0.207. The van der Waals surface area contributed by atoms with Gasteiger partial charge in [-0.1, -0.05) is 11.8 Å². The van der Waals surface area contributed by atoms with Crippen LogP contribution in [0, 0.1) is 6.92 Å². The van der Waals surface area contributed by atoms with Gasteiger partial charge in [0.1, 0.15) is 17.3 Å². The number of aromatic nitrogens is 3. The van der Waals surface area contributed by atoms with Gasteiger partial charge in [-0.25, -0.2) is 4.98 Å². The van der Waals surface area contributed by atoms with Crippen molar-refractivity contribution < 1.29 is 9.21 Å². The van der Waals surface area contributed by atoms with Gasteiger partial charge in [-0.3, -0.25) is 9.89 Å². The van der Waals surface area contributed by atoms with Gasteiger partial charge in [0.15, 0.2) is 0 Å². The van der Waals surface area contributed by atoms with Crippen LogP contribution in [0.15, 0.2) is 21.7 Å². The molecular weight excluding hydrogens is 300 g/mol.